The minimum atomic E-state index is -3.73. The standard InChI is InChI=1S/C24H23ClN2O4S/c1-16(21-4-3-5-22(25)14-21)27-24(29)20-8-6-18(7-9-20)15-26-32(30,31)23-12-10-19(11-13-23)17(2)28/h3-14,16,26H,15H2,1-2H3,(H,27,29)/t16-/m1/s1. The highest BCUT2D eigenvalue weighted by Gasteiger charge is 2.15. The van der Waals surface area contributed by atoms with Crippen LogP contribution in [-0.2, 0) is 16.6 Å². The summed E-state index contributed by atoms with van der Waals surface area (Å²) < 4.78 is 27.5. The molecule has 6 nitrogen and oxygen atoms in total. The minimum absolute atomic E-state index is 0.0671. The second-order valence-electron chi connectivity index (χ2n) is 7.35. The first-order valence-electron chi connectivity index (χ1n) is 9.91. The predicted molar refractivity (Wildman–Crippen MR) is 124 cm³/mol. The topological polar surface area (TPSA) is 92.3 Å². The largest absolute Gasteiger partial charge is 0.346 e. The number of nitrogens with one attached hydrogen (secondary N) is 2. The average molecular weight is 471 g/mol. The Kier molecular flexibility index (Phi) is 7.45. The maximum Gasteiger partial charge on any atom is 0.251 e. The molecular weight excluding hydrogens is 448 g/mol. The number of carbonyl (C=O) groups is 2. The number of Topliss-reactive ketones (excluding diaryl/α,β-unsaturated/α-hetero) is 1. The van der Waals surface area contributed by atoms with Crippen LogP contribution in [0.25, 0.3) is 0 Å². The van der Waals surface area contributed by atoms with Gasteiger partial charge in [0.15, 0.2) is 5.78 Å². The molecule has 0 radical (unpaired) electrons. The summed E-state index contributed by atoms with van der Waals surface area (Å²) in [6, 6.07) is 19.5. The Hall–Kier alpha value is -3.00. The molecule has 0 aliphatic rings. The lowest BCUT2D eigenvalue weighted by Gasteiger charge is -2.15. The summed E-state index contributed by atoms with van der Waals surface area (Å²) >= 11 is 6.01. The molecule has 0 saturated carbocycles. The van der Waals surface area contributed by atoms with Gasteiger partial charge in [-0.2, -0.15) is 0 Å². The van der Waals surface area contributed by atoms with E-state index in [1.165, 1.54) is 31.2 Å². The Morgan fingerprint density at radius 2 is 1.56 bits per heavy atom. The first-order valence-corrected chi connectivity index (χ1v) is 11.8. The van der Waals surface area contributed by atoms with Crippen molar-refractivity contribution in [3.63, 3.8) is 0 Å². The molecule has 3 aromatic carbocycles. The van der Waals surface area contributed by atoms with Gasteiger partial charge in [0, 0.05) is 22.7 Å². The van der Waals surface area contributed by atoms with Crippen molar-refractivity contribution in [3.05, 3.63) is 100 Å². The third-order valence-electron chi connectivity index (χ3n) is 4.95. The molecule has 0 unspecified atom stereocenters. The number of halogens is 1. The van der Waals surface area contributed by atoms with E-state index in [2.05, 4.69) is 10.0 Å². The summed E-state index contributed by atoms with van der Waals surface area (Å²) in [5, 5.41) is 3.52. The van der Waals surface area contributed by atoms with Crippen molar-refractivity contribution in [1.82, 2.24) is 10.0 Å². The third-order valence-corrected chi connectivity index (χ3v) is 6.60. The molecule has 3 rings (SSSR count). The van der Waals surface area contributed by atoms with Crippen LogP contribution in [0.2, 0.25) is 5.02 Å². The number of hydrogen-bond acceptors (Lipinski definition) is 4. The molecule has 0 aromatic heterocycles. The SMILES string of the molecule is CC(=O)c1ccc(S(=O)(=O)NCc2ccc(C(=O)N[C@H](C)c3cccc(Cl)c3)cc2)cc1. The number of ketones is 1. The first kappa shape index (κ1) is 23.7. The Morgan fingerprint density at radius 3 is 2.16 bits per heavy atom. The van der Waals surface area contributed by atoms with E-state index in [4.69, 9.17) is 11.6 Å². The second-order valence-corrected chi connectivity index (χ2v) is 9.56. The van der Waals surface area contributed by atoms with Crippen LogP contribution in [0, 0.1) is 0 Å². The Labute approximate surface area is 192 Å². The van der Waals surface area contributed by atoms with Gasteiger partial charge in [0.1, 0.15) is 0 Å². The molecule has 0 fully saturated rings. The molecule has 2 N–H and O–H groups in total. The summed E-state index contributed by atoms with van der Waals surface area (Å²) in [5.74, 6) is -0.372. The van der Waals surface area contributed by atoms with Crippen LogP contribution < -0.4 is 10.0 Å². The van der Waals surface area contributed by atoms with E-state index in [1.807, 2.05) is 19.1 Å². The Bertz CT molecular complexity index is 1220. The first-order chi connectivity index (χ1) is 15.2. The van der Waals surface area contributed by atoms with Crippen LogP contribution in [-0.4, -0.2) is 20.1 Å². The van der Waals surface area contributed by atoms with E-state index < -0.39 is 10.0 Å². The quantitative estimate of drug-likeness (QED) is 0.474. The molecule has 32 heavy (non-hydrogen) atoms. The lowest BCUT2D eigenvalue weighted by atomic mass is 10.1. The molecule has 3 aromatic rings. The van der Waals surface area contributed by atoms with Gasteiger partial charge in [-0.25, -0.2) is 13.1 Å². The van der Waals surface area contributed by atoms with Crippen LogP contribution in [0.4, 0.5) is 0 Å². The monoisotopic (exact) mass is 470 g/mol. The van der Waals surface area contributed by atoms with Gasteiger partial charge in [0.2, 0.25) is 10.0 Å². The molecule has 166 valence electrons. The zero-order valence-corrected chi connectivity index (χ0v) is 19.2. The molecule has 0 bridgehead atoms. The Balaban J connectivity index is 1.60. The fourth-order valence-corrected chi connectivity index (χ4v) is 4.26. The smallest absolute Gasteiger partial charge is 0.251 e. The maximum atomic E-state index is 12.5. The number of sulfonamides is 1. The highest BCUT2D eigenvalue weighted by Crippen LogP contribution is 2.18. The summed E-state index contributed by atoms with van der Waals surface area (Å²) in [5.41, 5.74) is 2.51. The van der Waals surface area contributed by atoms with Crippen molar-refractivity contribution < 1.29 is 18.0 Å². The zero-order chi connectivity index (χ0) is 23.3. The van der Waals surface area contributed by atoms with Crippen molar-refractivity contribution >= 4 is 33.3 Å². The van der Waals surface area contributed by atoms with Gasteiger partial charge in [0.25, 0.3) is 5.91 Å². The fraction of sp³-hybridized carbons (Fsp3) is 0.167. The molecule has 0 heterocycles. The van der Waals surface area contributed by atoms with E-state index in [0.29, 0.717) is 21.7 Å². The summed E-state index contributed by atoms with van der Waals surface area (Å²) in [6.45, 7) is 3.36. The molecule has 0 aliphatic heterocycles. The highest BCUT2D eigenvalue weighted by atomic mass is 35.5. The molecular formula is C24H23ClN2O4S. The second kappa shape index (κ2) is 10.1. The van der Waals surface area contributed by atoms with E-state index in [9.17, 15) is 18.0 Å². The normalized spacial score (nSPS) is 12.2. The van der Waals surface area contributed by atoms with Gasteiger partial charge in [-0.3, -0.25) is 9.59 Å². The van der Waals surface area contributed by atoms with Crippen molar-refractivity contribution in [3.8, 4) is 0 Å². The van der Waals surface area contributed by atoms with Crippen molar-refractivity contribution in [2.75, 3.05) is 0 Å². The molecule has 0 aliphatic carbocycles. The van der Waals surface area contributed by atoms with Gasteiger partial charge in [-0.1, -0.05) is 48.0 Å². The van der Waals surface area contributed by atoms with Gasteiger partial charge >= 0.3 is 0 Å². The summed E-state index contributed by atoms with van der Waals surface area (Å²) in [6.07, 6.45) is 0. The van der Waals surface area contributed by atoms with Crippen LogP contribution in [0.3, 0.4) is 0 Å². The lowest BCUT2D eigenvalue weighted by Crippen LogP contribution is -2.26. The molecule has 8 heteroatoms. The highest BCUT2D eigenvalue weighted by molar-refractivity contribution is 7.89. The Morgan fingerprint density at radius 1 is 0.938 bits per heavy atom. The van der Waals surface area contributed by atoms with Crippen LogP contribution in [0.15, 0.2) is 77.7 Å². The van der Waals surface area contributed by atoms with E-state index in [0.717, 1.165) is 5.56 Å². The number of amides is 1. The number of rotatable bonds is 8. The van der Waals surface area contributed by atoms with E-state index >= 15 is 0 Å². The van der Waals surface area contributed by atoms with E-state index in [1.54, 1.807) is 36.4 Å². The van der Waals surface area contributed by atoms with Crippen LogP contribution in [0.5, 0.6) is 0 Å². The molecule has 0 spiro atoms. The van der Waals surface area contributed by atoms with Crippen LogP contribution >= 0.6 is 11.6 Å². The average Bonchev–Trinajstić information content (AvgIpc) is 2.78. The molecule has 1 atom stereocenters. The van der Waals surface area contributed by atoms with Crippen molar-refractivity contribution in [2.24, 2.45) is 0 Å². The molecule has 0 saturated heterocycles. The van der Waals surface area contributed by atoms with E-state index in [-0.39, 0.29) is 29.2 Å². The maximum absolute atomic E-state index is 12.5. The van der Waals surface area contributed by atoms with Crippen molar-refractivity contribution in [2.45, 2.75) is 31.3 Å². The van der Waals surface area contributed by atoms with Gasteiger partial charge in [0.05, 0.1) is 10.9 Å². The van der Waals surface area contributed by atoms with Gasteiger partial charge in [-0.15, -0.1) is 0 Å². The minimum Gasteiger partial charge on any atom is -0.346 e. The van der Waals surface area contributed by atoms with Gasteiger partial charge in [-0.05, 0) is 61.4 Å². The van der Waals surface area contributed by atoms with Gasteiger partial charge < -0.3 is 5.32 Å². The summed E-state index contributed by atoms with van der Waals surface area (Å²) in [4.78, 5) is 23.9. The number of hydrogen-bond donors (Lipinski definition) is 2. The fourth-order valence-electron chi connectivity index (χ4n) is 3.04. The molecule has 1 amide bonds. The third kappa shape index (κ3) is 6.03. The predicted octanol–water partition coefficient (Wildman–Crippen LogP) is 4.51. The number of benzene rings is 3. The number of carbonyl (C=O) groups excluding carboxylic acids is 2. The van der Waals surface area contributed by atoms with Crippen LogP contribution in [0.1, 0.15) is 51.7 Å². The van der Waals surface area contributed by atoms with Crippen molar-refractivity contribution in [1.29, 1.82) is 0 Å². The lowest BCUT2D eigenvalue weighted by molar-refractivity contribution is 0.0939. The summed E-state index contributed by atoms with van der Waals surface area (Å²) in [7, 11) is -3.73. The zero-order valence-electron chi connectivity index (χ0n) is 17.6.